The minimum absolute atomic E-state index is 0.0704. The van der Waals surface area contributed by atoms with Crippen LogP contribution in [-0.2, 0) is 0 Å². The number of pyridine rings is 1. The number of rotatable bonds is 5. The Morgan fingerprint density at radius 2 is 2.00 bits per heavy atom. The minimum atomic E-state index is -0.485. The lowest BCUT2D eigenvalue weighted by atomic mass is 10.2. The average molecular weight is 349 g/mol. The Morgan fingerprint density at radius 1 is 1.19 bits per heavy atom. The van der Waals surface area contributed by atoms with Crippen LogP contribution in [0.4, 0.5) is 11.4 Å². The Bertz CT molecular complexity index is 1020. The van der Waals surface area contributed by atoms with E-state index in [1.165, 1.54) is 12.3 Å². The maximum atomic E-state index is 12.1. The van der Waals surface area contributed by atoms with E-state index in [9.17, 15) is 14.9 Å². The summed E-state index contributed by atoms with van der Waals surface area (Å²) >= 11 is 0. The second kappa shape index (κ2) is 7.39. The summed E-state index contributed by atoms with van der Waals surface area (Å²) in [5, 5.41) is 18.6. The van der Waals surface area contributed by atoms with E-state index in [-0.39, 0.29) is 11.4 Å². The van der Waals surface area contributed by atoms with Crippen LogP contribution in [0.2, 0.25) is 0 Å². The molecule has 2 N–H and O–H groups in total. The molecule has 3 rings (SSSR count). The number of nitro benzene ring substituents is 1. The largest absolute Gasteiger partial charge is 0.383 e. The number of nitrogens with one attached hydrogen (secondary N) is 2. The molecule has 1 amide bonds. The third-order valence-corrected chi connectivity index (χ3v) is 3.70. The van der Waals surface area contributed by atoms with Crippen molar-refractivity contribution in [3.8, 4) is 0 Å². The quantitative estimate of drug-likeness (QED) is 0.418. The minimum Gasteiger partial charge on any atom is -0.383 e. The summed E-state index contributed by atoms with van der Waals surface area (Å²) in [5.41, 5.74) is 4.13. The first-order chi connectivity index (χ1) is 12.6. The first-order valence-corrected chi connectivity index (χ1v) is 7.74. The molecule has 0 unspecified atom stereocenters. The van der Waals surface area contributed by atoms with Crippen molar-refractivity contribution in [2.45, 2.75) is 0 Å². The van der Waals surface area contributed by atoms with Gasteiger partial charge in [0.25, 0.3) is 11.6 Å². The number of carbonyl (C=O) groups excluding carboxylic acids is 1. The highest BCUT2D eigenvalue weighted by molar-refractivity contribution is 5.95. The van der Waals surface area contributed by atoms with E-state index in [2.05, 4.69) is 20.8 Å². The smallest absolute Gasteiger partial charge is 0.292 e. The van der Waals surface area contributed by atoms with Crippen LogP contribution in [0.1, 0.15) is 16.1 Å². The molecular weight excluding hydrogens is 334 g/mol. The molecule has 1 heterocycles. The maximum absolute atomic E-state index is 12.1. The van der Waals surface area contributed by atoms with Crippen LogP contribution in [0.3, 0.4) is 0 Å². The van der Waals surface area contributed by atoms with E-state index in [0.29, 0.717) is 16.8 Å². The highest BCUT2D eigenvalue weighted by atomic mass is 16.6. The number of hydrogen-bond acceptors (Lipinski definition) is 6. The molecule has 0 atom stereocenters. The van der Waals surface area contributed by atoms with Crippen molar-refractivity contribution in [3.63, 3.8) is 0 Å². The summed E-state index contributed by atoms with van der Waals surface area (Å²) in [6.07, 6.45) is 1.34. The van der Waals surface area contributed by atoms with Crippen LogP contribution in [0.15, 0.2) is 59.7 Å². The van der Waals surface area contributed by atoms with Gasteiger partial charge in [0.2, 0.25) is 0 Å². The highest BCUT2D eigenvalue weighted by Gasteiger charge is 2.12. The van der Waals surface area contributed by atoms with Crippen molar-refractivity contribution in [2.24, 2.45) is 5.10 Å². The summed E-state index contributed by atoms with van der Waals surface area (Å²) in [6, 6.07) is 15.5. The highest BCUT2D eigenvalue weighted by Crippen LogP contribution is 2.24. The predicted octanol–water partition coefficient (Wildman–Crippen LogP) is 2.95. The van der Waals surface area contributed by atoms with Gasteiger partial charge in [-0.3, -0.25) is 14.9 Å². The van der Waals surface area contributed by atoms with E-state index >= 15 is 0 Å². The summed E-state index contributed by atoms with van der Waals surface area (Å²) in [4.78, 5) is 27.0. The van der Waals surface area contributed by atoms with Crippen LogP contribution < -0.4 is 10.7 Å². The Balaban J connectivity index is 1.74. The van der Waals surface area contributed by atoms with Gasteiger partial charge in [-0.25, -0.2) is 10.4 Å². The topological polar surface area (TPSA) is 110 Å². The molecule has 0 saturated heterocycles. The van der Waals surface area contributed by atoms with Crippen molar-refractivity contribution in [1.29, 1.82) is 0 Å². The number of benzene rings is 2. The van der Waals surface area contributed by atoms with E-state index in [1.54, 1.807) is 31.3 Å². The van der Waals surface area contributed by atoms with Gasteiger partial charge in [0, 0.05) is 24.1 Å². The second-order valence-electron chi connectivity index (χ2n) is 5.37. The molecule has 130 valence electrons. The van der Waals surface area contributed by atoms with Crippen molar-refractivity contribution < 1.29 is 9.72 Å². The van der Waals surface area contributed by atoms with E-state index in [0.717, 1.165) is 5.39 Å². The zero-order valence-corrected chi connectivity index (χ0v) is 13.8. The summed E-state index contributed by atoms with van der Waals surface area (Å²) in [6.45, 7) is 0. The first kappa shape index (κ1) is 17.0. The number of anilines is 1. The SMILES string of the molecule is CNc1ccc(C=NNC(=O)c2ccc3ccccc3n2)cc1[N+](=O)[O-]. The Morgan fingerprint density at radius 3 is 2.77 bits per heavy atom. The molecule has 0 aliphatic rings. The van der Waals surface area contributed by atoms with Gasteiger partial charge in [-0.15, -0.1) is 0 Å². The molecule has 0 fully saturated rings. The van der Waals surface area contributed by atoms with Crippen LogP contribution in [0.25, 0.3) is 10.9 Å². The molecule has 26 heavy (non-hydrogen) atoms. The fraction of sp³-hybridized carbons (Fsp3) is 0.0556. The molecule has 0 aliphatic heterocycles. The van der Waals surface area contributed by atoms with Gasteiger partial charge in [0.05, 0.1) is 16.7 Å². The first-order valence-electron chi connectivity index (χ1n) is 7.74. The summed E-state index contributed by atoms with van der Waals surface area (Å²) in [7, 11) is 1.60. The third-order valence-electron chi connectivity index (χ3n) is 3.70. The maximum Gasteiger partial charge on any atom is 0.292 e. The Hall–Kier alpha value is -3.81. The number of fused-ring (bicyclic) bond motifs is 1. The lowest BCUT2D eigenvalue weighted by molar-refractivity contribution is -0.383. The molecule has 8 nitrogen and oxygen atoms in total. The van der Waals surface area contributed by atoms with Crippen LogP contribution >= 0.6 is 0 Å². The van der Waals surface area contributed by atoms with Crippen molar-refractivity contribution in [1.82, 2.24) is 10.4 Å². The zero-order valence-electron chi connectivity index (χ0n) is 13.8. The number of nitrogens with zero attached hydrogens (tertiary/aromatic N) is 3. The molecule has 0 spiro atoms. The molecule has 1 aromatic heterocycles. The lowest BCUT2D eigenvalue weighted by Crippen LogP contribution is -2.18. The number of hydrazone groups is 1. The van der Waals surface area contributed by atoms with Gasteiger partial charge in [0.1, 0.15) is 11.4 Å². The number of aromatic nitrogens is 1. The van der Waals surface area contributed by atoms with Gasteiger partial charge >= 0.3 is 0 Å². The predicted molar refractivity (Wildman–Crippen MR) is 99.4 cm³/mol. The fourth-order valence-corrected chi connectivity index (χ4v) is 2.41. The number of amides is 1. The normalized spacial score (nSPS) is 10.8. The van der Waals surface area contributed by atoms with Gasteiger partial charge in [-0.2, -0.15) is 5.10 Å². The molecule has 3 aromatic rings. The Labute approximate surface area is 148 Å². The van der Waals surface area contributed by atoms with E-state index in [4.69, 9.17) is 0 Å². The lowest BCUT2D eigenvalue weighted by Gasteiger charge is -2.03. The van der Waals surface area contributed by atoms with Gasteiger partial charge < -0.3 is 5.32 Å². The van der Waals surface area contributed by atoms with E-state index < -0.39 is 10.8 Å². The Kier molecular flexibility index (Phi) is 4.84. The van der Waals surface area contributed by atoms with Crippen molar-refractivity contribution >= 4 is 34.4 Å². The van der Waals surface area contributed by atoms with Gasteiger partial charge in [-0.05, 0) is 18.2 Å². The zero-order chi connectivity index (χ0) is 18.5. The average Bonchev–Trinajstić information content (AvgIpc) is 2.67. The molecule has 0 bridgehead atoms. The van der Waals surface area contributed by atoms with Crippen LogP contribution in [0.5, 0.6) is 0 Å². The molecule has 0 saturated carbocycles. The third kappa shape index (κ3) is 3.64. The second-order valence-corrected chi connectivity index (χ2v) is 5.37. The van der Waals surface area contributed by atoms with E-state index in [1.807, 2.05) is 24.3 Å². The molecule has 8 heteroatoms. The van der Waals surface area contributed by atoms with Crippen LogP contribution in [0, 0.1) is 10.1 Å². The molecule has 0 radical (unpaired) electrons. The molecule has 0 aliphatic carbocycles. The van der Waals surface area contributed by atoms with Crippen molar-refractivity contribution in [3.05, 3.63) is 76.0 Å². The summed E-state index contributed by atoms with van der Waals surface area (Å²) in [5.74, 6) is -0.464. The number of para-hydroxylation sites is 1. The van der Waals surface area contributed by atoms with Crippen LogP contribution in [-0.4, -0.2) is 29.1 Å². The van der Waals surface area contributed by atoms with Gasteiger partial charge in [0.15, 0.2) is 0 Å². The number of hydrogen-bond donors (Lipinski definition) is 2. The van der Waals surface area contributed by atoms with Crippen molar-refractivity contribution in [2.75, 3.05) is 12.4 Å². The number of nitro groups is 1. The summed E-state index contributed by atoms with van der Waals surface area (Å²) < 4.78 is 0. The molecular formula is C18H15N5O3. The fourth-order valence-electron chi connectivity index (χ4n) is 2.41. The molecule has 2 aromatic carbocycles. The monoisotopic (exact) mass is 349 g/mol. The van der Waals surface area contributed by atoms with Gasteiger partial charge in [-0.1, -0.05) is 30.3 Å². The number of carbonyl (C=O) groups is 1. The standard InChI is InChI=1S/C18H15N5O3/c1-19-15-8-6-12(10-17(15)23(25)26)11-20-22-18(24)16-9-7-13-4-2-3-5-14(13)21-16/h2-11,19H,1H3,(H,22,24).